The first kappa shape index (κ1) is 21.1. The number of hydrogen-bond acceptors (Lipinski definition) is 3. The van der Waals surface area contributed by atoms with Crippen LogP contribution in [0.15, 0.2) is 53.6 Å². The minimum absolute atomic E-state index is 0.174. The van der Waals surface area contributed by atoms with Gasteiger partial charge in [-0.05, 0) is 39.2 Å². The third-order valence-electron chi connectivity index (χ3n) is 3.93. The second kappa shape index (κ2) is 11.6. The Morgan fingerprint density at radius 3 is 2.44 bits per heavy atom. The highest BCUT2D eigenvalue weighted by Gasteiger charge is 2.22. The fourth-order valence-corrected chi connectivity index (χ4v) is 2.30. The molecule has 0 N–H and O–H groups in total. The summed E-state index contributed by atoms with van der Waals surface area (Å²) in [6.07, 6.45) is 6.32. The molecule has 0 heterocycles. The third-order valence-corrected chi connectivity index (χ3v) is 3.93. The van der Waals surface area contributed by atoms with Crippen molar-refractivity contribution < 1.29 is 14.4 Å². The molecule has 0 fully saturated rings. The summed E-state index contributed by atoms with van der Waals surface area (Å²) in [5.74, 6) is -0.174. The number of nitrogens with zero attached hydrogens (tertiary/aromatic N) is 1. The summed E-state index contributed by atoms with van der Waals surface area (Å²) in [4.78, 5) is 17.5. The molecule has 1 aromatic rings. The van der Waals surface area contributed by atoms with Crippen LogP contribution in [0.4, 0.5) is 0 Å². The minimum Gasteiger partial charge on any atom is -0.363 e. The van der Waals surface area contributed by atoms with E-state index in [-0.39, 0.29) is 5.91 Å². The maximum atomic E-state index is 12.4. The van der Waals surface area contributed by atoms with Crippen LogP contribution < -0.4 is 0 Å². The fourth-order valence-electron chi connectivity index (χ4n) is 2.30. The van der Waals surface area contributed by atoms with E-state index >= 15 is 0 Å². The highest BCUT2D eigenvalue weighted by molar-refractivity contribution is 5.79. The van der Waals surface area contributed by atoms with Gasteiger partial charge in [0, 0.05) is 13.5 Å². The number of carbonyl (C=O) groups excluding carboxylic acids is 1. The molecule has 1 atom stereocenters. The summed E-state index contributed by atoms with van der Waals surface area (Å²) >= 11 is 0. The van der Waals surface area contributed by atoms with Gasteiger partial charge in [-0.15, -0.1) is 0 Å². The second-order valence-corrected chi connectivity index (χ2v) is 6.41. The summed E-state index contributed by atoms with van der Waals surface area (Å²) in [6, 6.07) is 9.86. The van der Waals surface area contributed by atoms with Gasteiger partial charge in [-0.3, -0.25) is 9.63 Å². The molecule has 0 spiro atoms. The number of hydrogen-bond donors (Lipinski definition) is 0. The quantitative estimate of drug-likeness (QED) is 0.457. The molecule has 0 aromatic heterocycles. The Balaban J connectivity index is 2.67. The zero-order valence-corrected chi connectivity index (χ0v) is 16.1. The molecule has 4 heteroatoms. The maximum absolute atomic E-state index is 12.4. The molecule has 0 saturated carbocycles. The molecule has 4 nitrogen and oxygen atoms in total. The summed E-state index contributed by atoms with van der Waals surface area (Å²) in [6.45, 7) is 6.70. The number of hydroxylamine groups is 2. The zero-order valence-electron chi connectivity index (χ0n) is 16.1. The Morgan fingerprint density at radius 2 is 1.84 bits per heavy atom. The molecule has 0 aliphatic rings. The SMILES string of the molecule is CON(C)C(=O)[C@@H](C/C=C(/C)CCC=C(C)C)OCc1ccccc1. The number of carbonyl (C=O) groups is 1. The van der Waals surface area contributed by atoms with Crippen LogP contribution in [0.25, 0.3) is 0 Å². The average molecular weight is 345 g/mol. The molecule has 1 rings (SSSR count). The van der Waals surface area contributed by atoms with Crippen LogP contribution >= 0.6 is 0 Å². The van der Waals surface area contributed by atoms with Gasteiger partial charge in [-0.1, -0.05) is 53.6 Å². The van der Waals surface area contributed by atoms with Crippen LogP contribution in [-0.4, -0.2) is 31.2 Å². The van der Waals surface area contributed by atoms with E-state index in [1.807, 2.05) is 30.3 Å². The number of ether oxygens (including phenoxy) is 1. The number of rotatable bonds is 10. The lowest BCUT2D eigenvalue weighted by Crippen LogP contribution is -2.37. The van der Waals surface area contributed by atoms with E-state index in [0.717, 1.165) is 18.4 Å². The lowest BCUT2D eigenvalue weighted by Gasteiger charge is -2.21. The summed E-state index contributed by atoms with van der Waals surface area (Å²) in [7, 11) is 3.08. The van der Waals surface area contributed by atoms with E-state index < -0.39 is 6.10 Å². The van der Waals surface area contributed by atoms with Crippen molar-refractivity contribution in [3.8, 4) is 0 Å². The van der Waals surface area contributed by atoms with Gasteiger partial charge >= 0.3 is 0 Å². The van der Waals surface area contributed by atoms with E-state index in [4.69, 9.17) is 9.57 Å². The van der Waals surface area contributed by atoms with Crippen molar-refractivity contribution in [1.82, 2.24) is 5.06 Å². The molecular weight excluding hydrogens is 314 g/mol. The van der Waals surface area contributed by atoms with Gasteiger partial charge in [-0.2, -0.15) is 0 Å². The van der Waals surface area contributed by atoms with Crippen LogP contribution in [-0.2, 0) is 21.0 Å². The Kier molecular flexibility index (Phi) is 9.81. The smallest absolute Gasteiger partial charge is 0.275 e. The van der Waals surface area contributed by atoms with Gasteiger partial charge in [0.25, 0.3) is 5.91 Å². The molecule has 0 unspecified atom stereocenters. The fraction of sp³-hybridized carbons (Fsp3) is 0.476. The highest BCUT2D eigenvalue weighted by Crippen LogP contribution is 2.13. The standard InChI is InChI=1S/C21H31NO3/c1-17(2)10-9-11-18(3)14-15-20(21(23)22(4)24-5)25-16-19-12-7-6-8-13-19/h6-8,10,12-14,20H,9,11,15-16H2,1-5H3/b18-14-/t20-/m1/s1. The predicted octanol–water partition coefficient (Wildman–Crippen LogP) is 4.67. The second-order valence-electron chi connectivity index (χ2n) is 6.41. The minimum atomic E-state index is -0.552. The van der Waals surface area contributed by atoms with Crippen molar-refractivity contribution in [2.45, 2.75) is 52.7 Å². The predicted molar refractivity (Wildman–Crippen MR) is 102 cm³/mol. The molecular formula is C21H31NO3. The summed E-state index contributed by atoms with van der Waals surface area (Å²) in [5, 5.41) is 1.22. The topological polar surface area (TPSA) is 38.8 Å². The number of likely N-dealkylation sites (N-methyl/N-ethyl adjacent to an activating group) is 1. The molecule has 1 aromatic carbocycles. The Morgan fingerprint density at radius 1 is 1.16 bits per heavy atom. The van der Waals surface area contributed by atoms with E-state index in [0.29, 0.717) is 13.0 Å². The molecule has 0 aliphatic carbocycles. The van der Waals surface area contributed by atoms with E-state index in [1.165, 1.54) is 23.3 Å². The average Bonchev–Trinajstić information content (AvgIpc) is 2.61. The summed E-state index contributed by atoms with van der Waals surface area (Å²) in [5.41, 5.74) is 3.64. The zero-order chi connectivity index (χ0) is 18.7. The third kappa shape index (κ3) is 8.66. The van der Waals surface area contributed by atoms with Crippen molar-refractivity contribution in [2.24, 2.45) is 0 Å². The van der Waals surface area contributed by atoms with Gasteiger partial charge in [0.2, 0.25) is 0 Å². The normalized spacial score (nSPS) is 12.6. The molecule has 0 aliphatic heterocycles. The largest absolute Gasteiger partial charge is 0.363 e. The van der Waals surface area contributed by atoms with E-state index in [1.54, 1.807) is 7.05 Å². The highest BCUT2D eigenvalue weighted by atomic mass is 16.7. The Hall–Kier alpha value is -1.91. The van der Waals surface area contributed by atoms with E-state index in [2.05, 4.69) is 32.9 Å². The first-order valence-electron chi connectivity index (χ1n) is 8.70. The van der Waals surface area contributed by atoms with Crippen LogP contribution in [0.2, 0.25) is 0 Å². The van der Waals surface area contributed by atoms with Crippen LogP contribution in [0.3, 0.4) is 0 Å². The van der Waals surface area contributed by atoms with Gasteiger partial charge in [0.1, 0.15) is 6.10 Å². The van der Waals surface area contributed by atoms with Crippen molar-refractivity contribution in [1.29, 1.82) is 0 Å². The van der Waals surface area contributed by atoms with E-state index in [9.17, 15) is 4.79 Å². The first-order chi connectivity index (χ1) is 11.9. The number of benzene rings is 1. The first-order valence-corrected chi connectivity index (χ1v) is 8.70. The molecule has 0 radical (unpaired) electrons. The van der Waals surface area contributed by atoms with Gasteiger partial charge in [0.05, 0.1) is 13.7 Å². The molecule has 138 valence electrons. The van der Waals surface area contributed by atoms with Crippen LogP contribution in [0.5, 0.6) is 0 Å². The van der Waals surface area contributed by atoms with Crippen molar-refractivity contribution in [2.75, 3.05) is 14.2 Å². The van der Waals surface area contributed by atoms with Gasteiger partial charge in [-0.25, -0.2) is 5.06 Å². The molecule has 0 bridgehead atoms. The lowest BCUT2D eigenvalue weighted by atomic mass is 10.1. The van der Waals surface area contributed by atoms with Gasteiger partial charge < -0.3 is 4.74 Å². The molecule has 1 amide bonds. The van der Waals surface area contributed by atoms with Crippen molar-refractivity contribution in [3.63, 3.8) is 0 Å². The Bertz CT molecular complexity index is 574. The number of allylic oxidation sites excluding steroid dienone is 3. The Labute approximate surface area is 152 Å². The maximum Gasteiger partial charge on any atom is 0.275 e. The molecule has 25 heavy (non-hydrogen) atoms. The number of amides is 1. The van der Waals surface area contributed by atoms with Crippen molar-refractivity contribution in [3.05, 3.63) is 59.2 Å². The van der Waals surface area contributed by atoms with Crippen LogP contribution in [0, 0.1) is 0 Å². The molecule has 0 saturated heterocycles. The lowest BCUT2D eigenvalue weighted by molar-refractivity contribution is -0.181. The summed E-state index contributed by atoms with van der Waals surface area (Å²) < 4.78 is 5.88. The van der Waals surface area contributed by atoms with Crippen molar-refractivity contribution >= 4 is 5.91 Å². The monoisotopic (exact) mass is 345 g/mol. The van der Waals surface area contributed by atoms with Gasteiger partial charge in [0.15, 0.2) is 0 Å². The van der Waals surface area contributed by atoms with Crippen LogP contribution in [0.1, 0.15) is 45.6 Å².